The largest absolute Gasteiger partial charge is 0.465 e. The highest BCUT2D eigenvalue weighted by atomic mass is 35.5. The van der Waals surface area contributed by atoms with Crippen LogP contribution in [0.1, 0.15) is 30.1 Å². The van der Waals surface area contributed by atoms with Crippen LogP contribution in [0.3, 0.4) is 0 Å². The van der Waals surface area contributed by atoms with Crippen LogP contribution in [-0.4, -0.2) is 54.5 Å². The Kier molecular flexibility index (Phi) is 7.25. The predicted molar refractivity (Wildman–Crippen MR) is 112 cm³/mol. The molecule has 3 rings (SSSR count). The van der Waals surface area contributed by atoms with Gasteiger partial charge < -0.3 is 10.5 Å². The molecule has 2 atom stereocenters. The number of primary amides is 1. The monoisotopic (exact) mass is 415 g/mol. The minimum atomic E-state index is -0.502. The van der Waals surface area contributed by atoms with Gasteiger partial charge in [0.05, 0.1) is 6.61 Å². The average Bonchev–Trinajstić information content (AvgIpc) is 2.72. The number of hydrogen-bond acceptors (Lipinski definition) is 5. The minimum absolute atomic E-state index is 0.280. The summed E-state index contributed by atoms with van der Waals surface area (Å²) in [5.74, 6) is -0.651. The topological polar surface area (TPSA) is 75.9 Å². The Morgan fingerprint density at radius 2 is 1.45 bits per heavy atom. The van der Waals surface area contributed by atoms with E-state index in [-0.39, 0.29) is 11.9 Å². The normalized spacial score (nSPS) is 17.4. The number of ether oxygens (including phenoxy) is 1. The molecule has 0 saturated carbocycles. The first kappa shape index (κ1) is 21.3. The molecular weight excluding hydrogens is 390 g/mol. The van der Waals surface area contributed by atoms with Crippen molar-refractivity contribution < 1.29 is 14.3 Å². The third-order valence-electron chi connectivity index (χ3n) is 5.16. The summed E-state index contributed by atoms with van der Waals surface area (Å²) in [6.45, 7) is 4.58. The van der Waals surface area contributed by atoms with Crippen LogP contribution in [-0.2, 0) is 14.3 Å². The summed E-state index contributed by atoms with van der Waals surface area (Å²) >= 11 is 6.00. The Balaban J connectivity index is 1.76. The standard InChI is InChI=1S/C22H26ClN3O3/c1-2-29-22(28)20(17-8-10-18(23)11-9-17)26-14-12-25(13-15-26)19(21(24)27)16-6-4-3-5-7-16/h3-11,19-20H,2,12-15H2,1H3,(H2,24,27)/t19-,20+/m0/s1. The molecule has 0 aliphatic carbocycles. The molecule has 1 fully saturated rings. The highest BCUT2D eigenvalue weighted by Gasteiger charge is 2.35. The second kappa shape index (κ2) is 9.87. The average molecular weight is 416 g/mol. The fraction of sp³-hybridized carbons (Fsp3) is 0.364. The molecule has 1 amide bonds. The Morgan fingerprint density at radius 3 is 1.97 bits per heavy atom. The number of esters is 1. The lowest BCUT2D eigenvalue weighted by Gasteiger charge is -2.40. The van der Waals surface area contributed by atoms with Gasteiger partial charge in [-0.15, -0.1) is 0 Å². The number of carbonyl (C=O) groups excluding carboxylic acids is 2. The zero-order chi connectivity index (χ0) is 20.8. The highest BCUT2D eigenvalue weighted by Crippen LogP contribution is 2.28. The molecular formula is C22H26ClN3O3. The molecule has 29 heavy (non-hydrogen) atoms. The molecule has 0 spiro atoms. The van der Waals surface area contributed by atoms with E-state index < -0.39 is 12.1 Å². The van der Waals surface area contributed by atoms with Gasteiger partial charge in [-0.05, 0) is 30.2 Å². The highest BCUT2D eigenvalue weighted by molar-refractivity contribution is 6.30. The number of carbonyl (C=O) groups is 2. The van der Waals surface area contributed by atoms with Crippen molar-refractivity contribution in [1.82, 2.24) is 9.80 Å². The second-order valence-corrected chi connectivity index (χ2v) is 7.43. The Morgan fingerprint density at radius 1 is 0.931 bits per heavy atom. The van der Waals surface area contributed by atoms with Gasteiger partial charge in [0.25, 0.3) is 0 Å². The van der Waals surface area contributed by atoms with Crippen LogP contribution in [0, 0.1) is 0 Å². The van der Waals surface area contributed by atoms with Crippen LogP contribution in [0.4, 0.5) is 0 Å². The second-order valence-electron chi connectivity index (χ2n) is 6.99. The van der Waals surface area contributed by atoms with E-state index in [1.54, 1.807) is 19.1 Å². The summed E-state index contributed by atoms with van der Waals surface area (Å²) in [6.07, 6.45) is 0. The van der Waals surface area contributed by atoms with Crippen molar-refractivity contribution in [2.75, 3.05) is 32.8 Å². The lowest BCUT2D eigenvalue weighted by Crippen LogP contribution is -2.52. The maximum Gasteiger partial charge on any atom is 0.328 e. The molecule has 2 N–H and O–H groups in total. The lowest BCUT2D eigenvalue weighted by molar-refractivity contribution is -0.151. The third kappa shape index (κ3) is 5.15. The van der Waals surface area contributed by atoms with Crippen molar-refractivity contribution in [3.8, 4) is 0 Å². The quantitative estimate of drug-likeness (QED) is 0.704. The van der Waals surface area contributed by atoms with E-state index in [9.17, 15) is 9.59 Å². The molecule has 2 aromatic carbocycles. The van der Waals surface area contributed by atoms with Crippen molar-refractivity contribution in [1.29, 1.82) is 0 Å². The number of halogens is 1. The Labute approximate surface area is 176 Å². The molecule has 2 aromatic rings. The smallest absolute Gasteiger partial charge is 0.328 e. The molecule has 1 heterocycles. The first-order valence-corrected chi connectivity index (χ1v) is 10.1. The van der Waals surface area contributed by atoms with Crippen LogP contribution < -0.4 is 5.73 Å². The number of nitrogens with two attached hydrogens (primary N) is 1. The molecule has 0 aromatic heterocycles. The van der Waals surface area contributed by atoms with E-state index in [0.717, 1.165) is 11.1 Å². The molecule has 0 bridgehead atoms. The maximum absolute atomic E-state index is 12.7. The summed E-state index contributed by atoms with van der Waals surface area (Å²) in [5, 5.41) is 0.619. The molecule has 1 aliphatic heterocycles. The minimum Gasteiger partial charge on any atom is -0.465 e. The van der Waals surface area contributed by atoms with Crippen LogP contribution in [0.15, 0.2) is 54.6 Å². The van der Waals surface area contributed by atoms with Crippen molar-refractivity contribution >= 4 is 23.5 Å². The van der Waals surface area contributed by atoms with Crippen LogP contribution >= 0.6 is 11.6 Å². The summed E-state index contributed by atoms with van der Waals surface area (Å²) in [5.41, 5.74) is 7.43. The van der Waals surface area contributed by atoms with Gasteiger partial charge in [0.2, 0.25) is 5.91 Å². The van der Waals surface area contributed by atoms with Crippen molar-refractivity contribution in [3.63, 3.8) is 0 Å². The first-order valence-electron chi connectivity index (χ1n) is 9.75. The summed E-state index contributed by atoms with van der Waals surface area (Å²) in [6, 6.07) is 15.8. The van der Waals surface area contributed by atoms with Crippen LogP contribution in [0.5, 0.6) is 0 Å². The van der Waals surface area contributed by atoms with Gasteiger partial charge >= 0.3 is 5.97 Å². The lowest BCUT2D eigenvalue weighted by atomic mass is 10.0. The molecule has 0 radical (unpaired) electrons. The number of hydrogen-bond donors (Lipinski definition) is 1. The third-order valence-corrected chi connectivity index (χ3v) is 5.41. The summed E-state index contributed by atoms with van der Waals surface area (Å²) in [7, 11) is 0. The number of amides is 1. The van der Waals surface area contributed by atoms with Gasteiger partial charge in [-0.2, -0.15) is 0 Å². The number of benzene rings is 2. The van der Waals surface area contributed by atoms with Gasteiger partial charge in [0.1, 0.15) is 12.1 Å². The van der Waals surface area contributed by atoms with Gasteiger partial charge in [-0.1, -0.05) is 54.1 Å². The van der Waals surface area contributed by atoms with E-state index in [2.05, 4.69) is 9.80 Å². The Bertz CT molecular complexity index is 821. The van der Waals surface area contributed by atoms with Gasteiger partial charge in [0, 0.05) is 31.2 Å². The van der Waals surface area contributed by atoms with Crippen molar-refractivity contribution in [2.45, 2.75) is 19.0 Å². The maximum atomic E-state index is 12.7. The first-order chi connectivity index (χ1) is 14.0. The van der Waals surface area contributed by atoms with E-state index in [4.69, 9.17) is 22.1 Å². The van der Waals surface area contributed by atoms with Crippen molar-refractivity contribution in [3.05, 3.63) is 70.7 Å². The van der Waals surface area contributed by atoms with Crippen LogP contribution in [0.25, 0.3) is 0 Å². The van der Waals surface area contributed by atoms with E-state index in [1.165, 1.54) is 0 Å². The molecule has 7 heteroatoms. The Hall–Kier alpha value is -2.41. The van der Waals surface area contributed by atoms with E-state index >= 15 is 0 Å². The SMILES string of the molecule is CCOC(=O)[C@@H](c1ccc(Cl)cc1)N1CCN([C@H](C(N)=O)c2ccccc2)CC1. The summed E-state index contributed by atoms with van der Waals surface area (Å²) in [4.78, 5) is 29.0. The molecule has 0 unspecified atom stereocenters. The molecule has 6 nitrogen and oxygen atoms in total. The predicted octanol–water partition coefficient (Wildman–Crippen LogP) is 2.79. The number of nitrogens with zero attached hydrogens (tertiary/aromatic N) is 2. The fourth-order valence-electron chi connectivity index (χ4n) is 3.81. The van der Waals surface area contributed by atoms with Gasteiger partial charge in [-0.3, -0.25) is 14.6 Å². The van der Waals surface area contributed by atoms with Gasteiger partial charge in [0.15, 0.2) is 0 Å². The molecule has 1 aliphatic rings. The summed E-state index contributed by atoms with van der Waals surface area (Å²) < 4.78 is 5.32. The van der Waals surface area contributed by atoms with E-state index in [1.807, 2.05) is 42.5 Å². The van der Waals surface area contributed by atoms with Gasteiger partial charge in [-0.25, -0.2) is 4.79 Å². The van der Waals surface area contributed by atoms with Crippen molar-refractivity contribution in [2.24, 2.45) is 5.73 Å². The van der Waals surface area contributed by atoms with Crippen LogP contribution in [0.2, 0.25) is 5.02 Å². The number of rotatable bonds is 7. The zero-order valence-corrected chi connectivity index (χ0v) is 17.2. The zero-order valence-electron chi connectivity index (χ0n) is 16.5. The molecule has 154 valence electrons. The fourth-order valence-corrected chi connectivity index (χ4v) is 3.93. The number of piperazine rings is 1. The van der Waals surface area contributed by atoms with E-state index in [0.29, 0.717) is 37.8 Å². The molecule has 1 saturated heterocycles.